The van der Waals surface area contributed by atoms with Crippen LogP contribution >= 0.6 is 0 Å². The van der Waals surface area contributed by atoms with Crippen molar-refractivity contribution in [2.75, 3.05) is 20.5 Å². The first kappa shape index (κ1) is 22.2. The average Bonchev–Trinajstić information content (AvgIpc) is 2.79. The third-order valence-corrected chi connectivity index (χ3v) is 5.55. The molecule has 0 aliphatic heterocycles. The van der Waals surface area contributed by atoms with Crippen LogP contribution in [0.1, 0.15) is 47.7 Å². The van der Waals surface area contributed by atoms with Gasteiger partial charge in [-0.25, -0.2) is 0 Å². The molecule has 0 aromatic heterocycles. The Morgan fingerprint density at radius 1 is 0.833 bits per heavy atom. The van der Waals surface area contributed by atoms with Gasteiger partial charge in [0.1, 0.15) is 6.79 Å². The lowest BCUT2D eigenvalue weighted by atomic mass is 9.96. The molecule has 0 fully saturated rings. The number of benzene rings is 3. The molecule has 0 saturated carbocycles. The Balaban J connectivity index is 1.95. The van der Waals surface area contributed by atoms with Crippen molar-refractivity contribution in [2.45, 2.75) is 38.9 Å². The second-order valence-electron chi connectivity index (χ2n) is 7.78. The minimum atomic E-state index is 0.233. The standard InChI is InChI=1S/C27H33NO2/c1-22-11-10-16-26(19-22)27(17-18-30-21-29-3)28(20-24-12-6-4-7-13-24)23(2)25-14-8-5-9-15-25/h4-16,19,23,27H,17-18,20-21H2,1-3H3. The smallest absolute Gasteiger partial charge is 0.146 e. The maximum atomic E-state index is 5.70. The second-order valence-corrected chi connectivity index (χ2v) is 7.78. The normalized spacial score (nSPS) is 13.3. The Morgan fingerprint density at radius 2 is 1.50 bits per heavy atom. The Bertz CT molecular complexity index is 866. The van der Waals surface area contributed by atoms with Crippen LogP contribution < -0.4 is 0 Å². The lowest BCUT2D eigenvalue weighted by Crippen LogP contribution is -2.32. The molecule has 0 amide bonds. The van der Waals surface area contributed by atoms with Crippen LogP contribution in [0.25, 0.3) is 0 Å². The minimum Gasteiger partial charge on any atom is -0.359 e. The molecule has 0 aliphatic rings. The van der Waals surface area contributed by atoms with E-state index < -0.39 is 0 Å². The summed E-state index contributed by atoms with van der Waals surface area (Å²) in [5.41, 5.74) is 5.25. The molecule has 3 aromatic rings. The fourth-order valence-electron chi connectivity index (χ4n) is 3.97. The lowest BCUT2D eigenvalue weighted by Gasteiger charge is -2.37. The summed E-state index contributed by atoms with van der Waals surface area (Å²) in [5.74, 6) is 0. The largest absolute Gasteiger partial charge is 0.359 e. The molecule has 2 atom stereocenters. The molecule has 3 heteroatoms. The molecule has 0 bridgehead atoms. The van der Waals surface area contributed by atoms with Crippen molar-refractivity contribution in [3.05, 3.63) is 107 Å². The zero-order chi connectivity index (χ0) is 21.2. The van der Waals surface area contributed by atoms with Gasteiger partial charge in [-0.1, -0.05) is 90.5 Å². The maximum Gasteiger partial charge on any atom is 0.146 e. The van der Waals surface area contributed by atoms with E-state index >= 15 is 0 Å². The summed E-state index contributed by atoms with van der Waals surface area (Å²) in [4.78, 5) is 2.59. The molecule has 0 radical (unpaired) electrons. The maximum absolute atomic E-state index is 5.70. The lowest BCUT2D eigenvalue weighted by molar-refractivity contribution is -0.0391. The van der Waals surface area contributed by atoms with E-state index in [1.54, 1.807) is 7.11 Å². The molecule has 0 aliphatic carbocycles. The van der Waals surface area contributed by atoms with Crippen molar-refractivity contribution in [1.82, 2.24) is 4.90 Å². The Labute approximate surface area is 181 Å². The quantitative estimate of drug-likeness (QED) is 0.277. The van der Waals surface area contributed by atoms with Crippen molar-refractivity contribution in [3.8, 4) is 0 Å². The number of nitrogens with zero attached hydrogens (tertiary/aromatic N) is 1. The highest BCUT2D eigenvalue weighted by molar-refractivity contribution is 5.27. The van der Waals surface area contributed by atoms with Crippen LogP contribution in [0.3, 0.4) is 0 Å². The third kappa shape index (κ3) is 6.27. The summed E-state index contributed by atoms with van der Waals surface area (Å²) in [6.07, 6.45) is 0.900. The van der Waals surface area contributed by atoms with Crippen LogP contribution in [-0.2, 0) is 16.0 Å². The molecule has 0 N–H and O–H groups in total. The van der Waals surface area contributed by atoms with Crippen molar-refractivity contribution in [2.24, 2.45) is 0 Å². The van der Waals surface area contributed by atoms with Gasteiger partial charge in [0, 0.05) is 25.7 Å². The van der Waals surface area contributed by atoms with Crippen LogP contribution in [0, 0.1) is 6.92 Å². The molecule has 3 rings (SSSR count). The van der Waals surface area contributed by atoms with Crippen LogP contribution in [0.2, 0.25) is 0 Å². The Morgan fingerprint density at radius 3 is 2.17 bits per heavy atom. The fourth-order valence-corrected chi connectivity index (χ4v) is 3.97. The van der Waals surface area contributed by atoms with Gasteiger partial charge in [-0.05, 0) is 37.0 Å². The average molecular weight is 404 g/mol. The number of hydrogen-bond donors (Lipinski definition) is 0. The number of ether oxygens (including phenoxy) is 2. The van der Waals surface area contributed by atoms with E-state index in [2.05, 4.69) is 104 Å². The summed E-state index contributed by atoms with van der Waals surface area (Å²) in [5, 5.41) is 0. The van der Waals surface area contributed by atoms with Gasteiger partial charge in [-0.2, -0.15) is 0 Å². The van der Waals surface area contributed by atoms with Crippen molar-refractivity contribution < 1.29 is 9.47 Å². The van der Waals surface area contributed by atoms with Crippen molar-refractivity contribution in [3.63, 3.8) is 0 Å². The first-order valence-electron chi connectivity index (χ1n) is 10.7. The summed E-state index contributed by atoms with van der Waals surface area (Å²) in [6.45, 7) is 6.31. The number of rotatable bonds is 11. The minimum absolute atomic E-state index is 0.233. The summed E-state index contributed by atoms with van der Waals surface area (Å²) in [6, 6.07) is 30.8. The zero-order valence-electron chi connectivity index (χ0n) is 18.3. The van der Waals surface area contributed by atoms with E-state index in [1.165, 1.54) is 22.3 Å². The molecule has 3 nitrogen and oxygen atoms in total. The highest BCUT2D eigenvalue weighted by Crippen LogP contribution is 2.35. The van der Waals surface area contributed by atoms with Crippen LogP contribution in [0.15, 0.2) is 84.9 Å². The van der Waals surface area contributed by atoms with Gasteiger partial charge in [0.2, 0.25) is 0 Å². The molecule has 158 valence electrons. The van der Waals surface area contributed by atoms with Gasteiger partial charge in [0.05, 0.1) is 6.61 Å². The second kappa shape index (κ2) is 11.7. The van der Waals surface area contributed by atoms with Crippen LogP contribution in [0.5, 0.6) is 0 Å². The summed E-state index contributed by atoms with van der Waals surface area (Å²) >= 11 is 0. The van der Waals surface area contributed by atoms with Gasteiger partial charge >= 0.3 is 0 Å². The first-order valence-corrected chi connectivity index (χ1v) is 10.7. The van der Waals surface area contributed by atoms with E-state index in [9.17, 15) is 0 Å². The van der Waals surface area contributed by atoms with E-state index in [1.807, 2.05) is 0 Å². The van der Waals surface area contributed by atoms with Crippen LogP contribution in [0.4, 0.5) is 0 Å². The predicted octanol–water partition coefficient (Wildman–Crippen LogP) is 6.31. The van der Waals surface area contributed by atoms with Crippen LogP contribution in [-0.4, -0.2) is 25.4 Å². The SMILES string of the molecule is COCOCCC(c1cccc(C)c1)N(Cc1ccccc1)C(C)c1ccccc1. The zero-order valence-corrected chi connectivity index (χ0v) is 18.3. The first-order chi connectivity index (χ1) is 14.7. The molecule has 0 spiro atoms. The van der Waals surface area contributed by atoms with E-state index in [-0.39, 0.29) is 12.1 Å². The Hall–Kier alpha value is -2.46. The summed E-state index contributed by atoms with van der Waals surface area (Å²) in [7, 11) is 1.66. The Kier molecular flexibility index (Phi) is 8.64. The van der Waals surface area contributed by atoms with E-state index in [0.29, 0.717) is 13.4 Å². The van der Waals surface area contributed by atoms with Crippen molar-refractivity contribution in [1.29, 1.82) is 0 Å². The number of methoxy groups -OCH3 is 1. The highest BCUT2D eigenvalue weighted by Gasteiger charge is 2.26. The number of aryl methyl sites for hydroxylation is 1. The number of hydrogen-bond acceptors (Lipinski definition) is 3. The topological polar surface area (TPSA) is 21.7 Å². The molecule has 3 aromatic carbocycles. The van der Waals surface area contributed by atoms with Gasteiger partial charge in [-0.3, -0.25) is 4.90 Å². The highest BCUT2D eigenvalue weighted by atomic mass is 16.7. The molecular weight excluding hydrogens is 370 g/mol. The monoisotopic (exact) mass is 403 g/mol. The predicted molar refractivity (Wildman–Crippen MR) is 123 cm³/mol. The van der Waals surface area contributed by atoms with Gasteiger partial charge in [0.15, 0.2) is 0 Å². The fraction of sp³-hybridized carbons (Fsp3) is 0.333. The van der Waals surface area contributed by atoms with Gasteiger partial charge in [0.25, 0.3) is 0 Å². The molecule has 0 heterocycles. The van der Waals surface area contributed by atoms with Gasteiger partial charge < -0.3 is 9.47 Å². The van der Waals surface area contributed by atoms with E-state index in [4.69, 9.17) is 9.47 Å². The van der Waals surface area contributed by atoms with Crippen molar-refractivity contribution >= 4 is 0 Å². The van der Waals surface area contributed by atoms with E-state index in [0.717, 1.165) is 13.0 Å². The molecular formula is C27H33NO2. The van der Waals surface area contributed by atoms with Gasteiger partial charge in [-0.15, -0.1) is 0 Å². The molecule has 30 heavy (non-hydrogen) atoms. The summed E-state index contributed by atoms with van der Waals surface area (Å²) < 4.78 is 10.8. The third-order valence-electron chi connectivity index (χ3n) is 5.55. The molecule has 2 unspecified atom stereocenters. The molecule has 0 saturated heterocycles.